The van der Waals surface area contributed by atoms with Crippen molar-refractivity contribution in [3.05, 3.63) is 89.3 Å². The van der Waals surface area contributed by atoms with Crippen LogP contribution in [0.4, 0.5) is 0 Å². The maximum Gasteiger partial charge on any atom is 0.279 e. The zero-order chi connectivity index (χ0) is 24.1. The van der Waals surface area contributed by atoms with E-state index in [9.17, 15) is 9.59 Å². The molecule has 2 amide bonds. The number of benzene rings is 3. The summed E-state index contributed by atoms with van der Waals surface area (Å²) in [5.41, 5.74) is 6.77. The number of hydrazine groups is 1. The molecule has 0 aliphatic carbocycles. The molecule has 4 aromatic rings. The summed E-state index contributed by atoms with van der Waals surface area (Å²) in [5, 5.41) is 5.99. The first-order valence-electron chi connectivity index (χ1n) is 10.8. The van der Waals surface area contributed by atoms with E-state index in [0.29, 0.717) is 22.8 Å². The predicted molar refractivity (Wildman–Crippen MR) is 126 cm³/mol. The fraction of sp³-hybridized carbons (Fsp3) is 0.192. The average Bonchev–Trinajstić information content (AvgIpc) is 3.17. The molecule has 8 heteroatoms. The molecule has 1 atom stereocenters. The van der Waals surface area contributed by atoms with Crippen molar-refractivity contribution in [3.63, 3.8) is 0 Å². The van der Waals surface area contributed by atoms with Gasteiger partial charge >= 0.3 is 0 Å². The summed E-state index contributed by atoms with van der Waals surface area (Å²) in [7, 11) is 0. The zero-order valence-electron chi connectivity index (χ0n) is 19.1. The lowest BCUT2D eigenvalue weighted by Gasteiger charge is -2.16. The van der Waals surface area contributed by atoms with Crippen LogP contribution in [0.25, 0.3) is 10.8 Å². The third-order valence-electron chi connectivity index (χ3n) is 5.36. The highest BCUT2D eigenvalue weighted by Gasteiger charge is 2.17. The molecule has 3 aromatic carbocycles. The molecule has 4 rings (SSSR count). The molecule has 8 nitrogen and oxygen atoms in total. The Hall–Kier alpha value is -4.33. The van der Waals surface area contributed by atoms with Crippen molar-refractivity contribution in [3.8, 4) is 11.5 Å². The molecule has 0 spiro atoms. The number of hydrogen-bond donors (Lipinski definition) is 2. The van der Waals surface area contributed by atoms with E-state index in [2.05, 4.69) is 16.0 Å². The predicted octanol–water partition coefficient (Wildman–Crippen LogP) is 4.25. The van der Waals surface area contributed by atoms with Crippen LogP contribution < -0.4 is 20.3 Å². The second-order valence-corrected chi connectivity index (χ2v) is 7.83. The molecule has 0 bridgehead atoms. The summed E-state index contributed by atoms with van der Waals surface area (Å²) >= 11 is 0. The molecule has 2 N–H and O–H groups in total. The fourth-order valence-electron chi connectivity index (χ4n) is 3.38. The molecule has 0 radical (unpaired) electrons. The third kappa shape index (κ3) is 5.35. The van der Waals surface area contributed by atoms with Crippen LogP contribution in [-0.4, -0.2) is 23.1 Å². The highest BCUT2D eigenvalue weighted by atomic mass is 16.5. The van der Waals surface area contributed by atoms with Gasteiger partial charge < -0.3 is 14.0 Å². The van der Waals surface area contributed by atoms with Crippen molar-refractivity contribution in [2.45, 2.75) is 33.5 Å². The van der Waals surface area contributed by atoms with E-state index in [-0.39, 0.29) is 6.61 Å². The lowest BCUT2D eigenvalue weighted by atomic mass is 10.1. The van der Waals surface area contributed by atoms with Crippen LogP contribution >= 0.6 is 0 Å². The zero-order valence-corrected chi connectivity index (χ0v) is 19.1. The number of rotatable bonds is 7. The number of nitrogens with one attached hydrogen (secondary N) is 2. The van der Waals surface area contributed by atoms with Crippen molar-refractivity contribution in [1.29, 1.82) is 0 Å². The molecular weight excluding hydrogens is 434 g/mol. The number of aryl methyl sites for hydroxylation is 2. The minimum absolute atomic E-state index is 0.270. The molecule has 0 fully saturated rings. The molecule has 1 heterocycles. The number of carbonyl (C=O) groups excluding carboxylic acids is 2. The van der Waals surface area contributed by atoms with Crippen molar-refractivity contribution >= 4 is 22.6 Å². The van der Waals surface area contributed by atoms with Gasteiger partial charge in [0, 0.05) is 5.56 Å². The first kappa shape index (κ1) is 22.8. The van der Waals surface area contributed by atoms with Gasteiger partial charge in [0.25, 0.3) is 11.8 Å². The van der Waals surface area contributed by atoms with Gasteiger partial charge in [0.15, 0.2) is 6.10 Å². The van der Waals surface area contributed by atoms with E-state index in [4.69, 9.17) is 14.0 Å². The second kappa shape index (κ2) is 10.1. The van der Waals surface area contributed by atoms with E-state index in [1.54, 1.807) is 37.3 Å². The van der Waals surface area contributed by atoms with Crippen molar-refractivity contribution < 1.29 is 23.6 Å². The minimum Gasteiger partial charge on any atom is -0.489 e. The first-order valence-corrected chi connectivity index (χ1v) is 10.8. The molecule has 1 aromatic heterocycles. The number of amides is 2. The molecule has 0 aliphatic heterocycles. The van der Waals surface area contributed by atoms with Gasteiger partial charge in [-0.3, -0.25) is 20.4 Å². The summed E-state index contributed by atoms with van der Waals surface area (Å²) in [6, 6.07) is 20.1. The molecular formula is C26H25N3O5. The Morgan fingerprint density at radius 3 is 2.50 bits per heavy atom. The van der Waals surface area contributed by atoms with Gasteiger partial charge in [-0.1, -0.05) is 41.6 Å². The Morgan fingerprint density at radius 2 is 1.74 bits per heavy atom. The third-order valence-corrected chi connectivity index (χ3v) is 5.36. The lowest BCUT2D eigenvalue weighted by molar-refractivity contribution is -0.128. The molecule has 174 valence electrons. The number of nitrogens with zero attached hydrogens (tertiary/aromatic N) is 1. The first-order chi connectivity index (χ1) is 16.4. The van der Waals surface area contributed by atoms with Gasteiger partial charge in [0.1, 0.15) is 23.9 Å². The van der Waals surface area contributed by atoms with Gasteiger partial charge in [0.05, 0.1) is 11.3 Å². The van der Waals surface area contributed by atoms with Crippen LogP contribution in [0.5, 0.6) is 11.5 Å². The Bertz CT molecular complexity index is 1310. The smallest absolute Gasteiger partial charge is 0.279 e. The Labute approximate surface area is 196 Å². The molecule has 0 saturated heterocycles. The Morgan fingerprint density at radius 1 is 0.941 bits per heavy atom. The molecule has 0 saturated carbocycles. The van der Waals surface area contributed by atoms with Crippen LogP contribution in [0.3, 0.4) is 0 Å². The van der Waals surface area contributed by atoms with Crippen LogP contribution in [0.1, 0.15) is 34.3 Å². The van der Waals surface area contributed by atoms with Gasteiger partial charge in [-0.05, 0) is 61.9 Å². The maximum atomic E-state index is 12.5. The minimum atomic E-state index is -0.814. The monoisotopic (exact) mass is 459 g/mol. The summed E-state index contributed by atoms with van der Waals surface area (Å²) in [6.45, 7) is 5.54. The maximum absolute atomic E-state index is 12.5. The Balaban J connectivity index is 1.30. The molecule has 0 aliphatic rings. The highest BCUT2D eigenvalue weighted by Crippen LogP contribution is 2.21. The standard InChI is InChI=1S/C26H25N3O5/c1-16-24(17(2)34-29-16)15-32-22-10-6-9-21(14-22)26(31)28-27-25(30)18(3)33-23-12-11-19-7-4-5-8-20(19)13-23/h4-14,18H,15H2,1-3H3,(H,27,30)(H,28,31). The van der Waals surface area contributed by atoms with Gasteiger partial charge in [0.2, 0.25) is 0 Å². The van der Waals surface area contributed by atoms with Crippen molar-refractivity contribution in [2.24, 2.45) is 0 Å². The van der Waals surface area contributed by atoms with E-state index >= 15 is 0 Å². The number of aromatic nitrogens is 1. The number of ether oxygens (including phenoxy) is 2. The van der Waals surface area contributed by atoms with E-state index in [1.165, 1.54) is 0 Å². The topological polar surface area (TPSA) is 103 Å². The van der Waals surface area contributed by atoms with E-state index in [1.807, 2.05) is 50.2 Å². The van der Waals surface area contributed by atoms with Crippen LogP contribution in [0, 0.1) is 13.8 Å². The highest BCUT2D eigenvalue weighted by molar-refractivity contribution is 5.96. The van der Waals surface area contributed by atoms with E-state index < -0.39 is 17.9 Å². The SMILES string of the molecule is Cc1noc(C)c1COc1cccc(C(=O)NNC(=O)C(C)Oc2ccc3ccccc3c2)c1. The Kier molecular flexibility index (Phi) is 6.77. The lowest BCUT2D eigenvalue weighted by Crippen LogP contribution is -2.47. The largest absolute Gasteiger partial charge is 0.489 e. The van der Waals surface area contributed by atoms with Gasteiger partial charge in [-0.2, -0.15) is 0 Å². The normalized spacial score (nSPS) is 11.6. The quantitative estimate of drug-likeness (QED) is 0.401. The number of fused-ring (bicyclic) bond motifs is 1. The number of hydrogen-bond acceptors (Lipinski definition) is 6. The molecule has 1 unspecified atom stereocenters. The summed E-state index contributed by atoms with van der Waals surface area (Å²) in [6.07, 6.45) is -0.814. The summed E-state index contributed by atoms with van der Waals surface area (Å²) in [4.78, 5) is 24.9. The van der Waals surface area contributed by atoms with Gasteiger partial charge in [-0.15, -0.1) is 0 Å². The van der Waals surface area contributed by atoms with Crippen LogP contribution in [0.2, 0.25) is 0 Å². The fourth-order valence-corrected chi connectivity index (χ4v) is 3.38. The van der Waals surface area contributed by atoms with Gasteiger partial charge in [-0.25, -0.2) is 0 Å². The van der Waals surface area contributed by atoms with Crippen molar-refractivity contribution in [2.75, 3.05) is 0 Å². The summed E-state index contributed by atoms with van der Waals surface area (Å²) in [5.74, 6) is 0.804. The molecule has 34 heavy (non-hydrogen) atoms. The van der Waals surface area contributed by atoms with Crippen LogP contribution in [0.15, 0.2) is 71.3 Å². The second-order valence-electron chi connectivity index (χ2n) is 7.83. The summed E-state index contributed by atoms with van der Waals surface area (Å²) < 4.78 is 16.6. The average molecular weight is 460 g/mol. The van der Waals surface area contributed by atoms with Crippen molar-refractivity contribution in [1.82, 2.24) is 16.0 Å². The van der Waals surface area contributed by atoms with E-state index in [0.717, 1.165) is 22.0 Å². The van der Waals surface area contributed by atoms with Crippen LogP contribution in [-0.2, 0) is 11.4 Å². The number of carbonyl (C=O) groups is 2.